The van der Waals surface area contributed by atoms with Gasteiger partial charge < -0.3 is 0 Å². The first kappa shape index (κ1) is 14.6. The Morgan fingerprint density at radius 3 is 2.41 bits per heavy atom. The molecule has 1 rings (SSSR count). The SMILES string of the molecule is [CH2]C(C)Cc1ccc(SCCCCCC)cc1. The maximum Gasteiger partial charge on any atom is 0.00721 e. The van der Waals surface area contributed by atoms with E-state index in [9.17, 15) is 0 Å². The van der Waals surface area contributed by atoms with Gasteiger partial charge in [-0.15, -0.1) is 11.8 Å². The van der Waals surface area contributed by atoms with Crippen molar-refractivity contribution in [3.8, 4) is 0 Å². The molecule has 0 nitrogen and oxygen atoms in total. The summed E-state index contributed by atoms with van der Waals surface area (Å²) in [6.07, 6.45) is 6.50. The van der Waals surface area contributed by atoms with Crippen LogP contribution in [-0.2, 0) is 6.42 Å². The van der Waals surface area contributed by atoms with Crippen molar-refractivity contribution in [2.45, 2.75) is 50.8 Å². The van der Waals surface area contributed by atoms with Crippen LogP contribution in [0.5, 0.6) is 0 Å². The smallest absolute Gasteiger partial charge is 0.00721 e. The molecular weight excluding hydrogens is 224 g/mol. The third kappa shape index (κ3) is 6.78. The minimum absolute atomic E-state index is 0.502. The number of benzene rings is 1. The number of hydrogen-bond acceptors (Lipinski definition) is 1. The molecule has 95 valence electrons. The highest BCUT2D eigenvalue weighted by Gasteiger charge is 1.98. The topological polar surface area (TPSA) is 0 Å². The molecule has 0 fully saturated rings. The Balaban J connectivity index is 2.25. The maximum absolute atomic E-state index is 4.03. The lowest BCUT2D eigenvalue weighted by Gasteiger charge is -2.06. The van der Waals surface area contributed by atoms with Crippen molar-refractivity contribution in [3.63, 3.8) is 0 Å². The van der Waals surface area contributed by atoms with Crippen LogP contribution in [0.3, 0.4) is 0 Å². The lowest BCUT2D eigenvalue weighted by Crippen LogP contribution is -1.93. The number of hydrogen-bond donors (Lipinski definition) is 0. The molecule has 1 aromatic carbocycles. The minimum Gasteiger partial charge on any atom is -0.126 e. The quantitative estimate of drug-likeness (QED) is 0.441. The van der Waals surface area contributed by atoms with Gasteiger partial charge in [0, 0.05) is 4.90 Å². The van der Waals surface area contributed by atoms with E-state index in [4.69, 9.17) is 0 Å². The lowest BCUT2D eigenvalue weighted by atomic mass is 10.0. The van der Waals surface area contributed by atoms with Gasteiger partial charge in [-0.1, -0.05) is 52.2 Å². The van der Waals surface area contributed by atoms with Crippen LogP contribution < -0.4 is 0 Å². The van der Waals surface area contributed by atoms with Crippen molar-refractivity contribution in [2.75, 3.05) is 5.75 Å². The molecule has 1 heteroatoms. The van der Waals surface area contributed by atoms with E-state index in [1.807, 2.05) is 11.8 Å². The van der Waals surface area contributed by atoms with Crippen molar-refractivity contribution >= 4 is 11.8 Å². The summed E-state index contributed by atoms with van der Waals surface area (Å²) in [5, 5.41) is 0. The van der Waals surface area contributed by atoms with E-state index in [0.29, 0.717) is 5.92 Å². The van der Waals surface area contributed by atoms with Crippen LogP contribution in [0, 0.1) is 12.8 Å². The van der Waals surface area contributed by atoms with Crippen LogP contribution in [0.25, 0.3) is 0 Å². The van der Waals surface area contributed by atoms with Gasteiger partial charge >= 0.3 is 0 Å². The molecule has 1 aromatic rings. The van der Waals surface area contributed by atoms with E-state index in [1.165, 1.54) is 41.9 Å². The number of unbranched alkanes of at least 4 members (excludes halogenated alkanes) is 3. The van der Waals surface area contributed by atoms with Crippen molar-refractivity contribution in [3.05, 3.63) is 36.8 Å². The standard InChI is InChI=1S/C16H25S/c1-4-5-6-7-12-17-16-10-8-15(9-11-16)13-14(2)3/h8-11,14H,2,4-7,12-13H2,1,3H3. The van der Waals surface area contributed by atoms with Crippen LogP contribution in [-0.4, -0.2) is 5.75 Å². The third-order valence-corrected chi connectivity index (χ3v) is 3.87. The Labute approximate surface area is 111 Å². The highest BCUT2D eigenvalue weighted by atomic mass is 32.2. The largest absolute Gasteiger partial charge is 0.126 e. The van der Waals surface area contributed by atoms with E-state index in [-0.39, 0.29) is 0 Å². The van der Waals surface area contributed by atoms with Gasteiger partial charge in [0.05, 0.1) is 0 Å². The molecule has 0 aliphatic carbocycles. The molecule has 0 bridgehead atoms. The molecule has 0 aliphatic heterocycles. The second-order valence-corrected chi connectivity index (χ2v) is 6.03. The van der Waals surface area contributed by atoms with Gasteiger partial charge in [0.2, 0.25) is 0 Å². The summed E-state index contributed by atoms with van der Waals surface area (Å²) in [7, 11) is 0. The molecule has 0 aliphatic rings. The van der Waals surface area contributed by atoms with Crippen LogP contribution >= 0.6 is 11.8 Å². The van der Waals surface area contributed by atoms with Crippen molar-refractivity contribution in [2.24, 2.45) is 5.92 Å². The van der Waals surface area contributed by atoms with E-state index >= 15 is 0 Å². The summed E-state index contributed by atoms with van der Waals surface area (Å²) in [5.41, 5.74) is 1.41. The second-order valence-electron chi connectivity index (χ2n) is 4.86. The molecule has 0 amide bonds. The van der Waals surface area contributed by atoms with Crippen molar-refractivity contribution < 1.29 is 0 Å². The van der Waals surface area contributed by atoms with Gasteiger partial charge in [-0.3, -0.25) is 0 Å². The van der Waals surface area contributed by atoms with Crippen LogP contribution in [0.15, 0.2) is 29.2 Å². The molecule has 1 unspecified atom stereocenters. The maximum atomic E-state index is 4.03. The van der Waals surface area contributed by atoms with E-state index in [1.54, 1.807) is 0 Å². The van der Waals surface area contributed by atoms with Gasteiger partial charge in [-0.2, -0.15) is 0 Å². The summed E-state index contributed by atoms with van der Waals surface area (Å²) in [6.45, 7) is 8.45. The first-order chi connectivity index (χ1) is 8.22. The first-order valence-electron chi connectivity index (χ1n) is 6.77. The zero-order chi connectivity index (χ0) is 12.5. The van der Waals surface area contributed by atoms with E-state index in [0.717, 1.165) is 6.42 Å². The molecule has 17 heavy (non-hydrogen) atoms. The van der Waals surface area contributed by atoms with Gasteiger partial charge in [0.25, 0.3) is 0 Å². The first-order valence-corrected chi connectivity index (χ1v) is 7.75. The minimum atomic E-state index is 0.502. The predicted molar refractivity (Wildman–Crippen MR) is 79.5 cm³/mol. The predicted octanol–water partition coefficient (Wildman–Crippen LogP) is 5.37. The zero-order valence-corrected chi connectivity index (χ0v) is 12.1. The third-order valence-electron chi connectivity index (χ3n) is 2.77. The fraction of sp³-hybridized carbons (Fsp3) is 0.562. The normalized spacial score (nSPS) is 11.1. The summed E-state index contributed by atoms with van der Waals surface area (Å²) in [4.78, 5) is 1.40. The fourth-order valence-corrected chi connectivity index (χ4v) is 2.76. The molecule has 0 heterocycles. The summed E-state index contributed by atoms with van der Waals surface area (Å²) >= 11 is 1.98. The molecular formula is C16H25S. The van der Waals surface area contributed by atoms with Gasteiger partial charge in [0.1, 0.15) is 0 Å². The average Bonchev–Trinajstić information content (AvgIpc) is 2.30. The molecule has 1 atom stereocenters. The van der Waals surface area contributed by atoms with Crippen molar-refractivity contribution in [1.29, 1.82) is 0 Å². The number of thioether (sulfide) groups is 1. The average molecular weight is 249 g/mol. The highest BCUT2D eigenvalue weighted by Crippen LogP contribution is 2.21. The monoisotopic (exact) mass is 249 g/mol. The highest BCUT2D eigenvalue weighted by molar-refractivity contribution is 7.99. The second kappa shape index (κ2) is 8.63. The molecule has 0 saturated carbocycles. The summed E-state index contributed by atoms with van der Waals surface area (Å²) in [6, 6.07) is 9.00. The number of rotatable bonds is 8. The lowest BCUT2D eigenvalue weighted by molar-refractivity contribution is 0.706. The molecule has 0 aromatic heterocycles. The van der Waals surface area contributed by atoms with Crippen molar-refractivity contribution in [1.82, 2.24) is 0 Å². The Morgan fingerprint density at radius 1 is 1.12 bits per heavy atom. The van der Waals surface area contributed by atoms with Gasteiger partial charge in [-0.05, 0) is 42.2 Å². The Morgan fingerprint density at radius 2 is 1.82 bits per heavy atom. The zero-order valence-electron chi connectivity index (χ0n) is 11.2. The Bertz CT molecular complexity index is 287. The molecule has 0 N–H and O–H groups in total. The van der Waals surface area contributed by atoms with Crippen LogP contribution in [0.1, 0.15) is 45.1 Å². The molecule has 0 saturated heterocycles. The Kier molecular flexibility index (Phi) is 7.43. The van der Waals surface area contributed by atoms with E-state index in [2.05, 4.69) is 45.0 Å². The Hall–Kier alpha value is -0.430. The molecule has 1 radical (unpaired) electrons. The fourth-order valence-electron chi connectivity index (χ4n) is 1.84. The van der Waals surface area contributed by atoms with Gasteiger partial charge in [0.15, 0.2) is 0 Å². The van der Waals surface area contributed by atoms with Crippen LogP contribution in [0.2, 0.25) is 0 Å². The molecule has 0 spiro atoms. The van der Waals surface area contributed by atoms with E-state index < -0.39 is 0 Å². The van der Waals surface area contributed by atoms with Gasteiger partial charge in [-0.25, -0.2) is 0 Å². The van der Waals surface area contributed by atoms with Crippen LogP contribution in [0.4, 0.5) is 0 Å². The summed E-state index contributed by atoms with van der Waals surface area (Å²) < 4.78 is 0. The summed E-state index contributed by atoms with van der Waals surface area (Å²) in [5.74, 6) is 1.76.